The SMILES string of the molecule is Cc1cc(C(F)(C(F)(F)F)C(F)(F)F)cc(C)c1CC(=O)c1ccc2ncccc2c1.Cc1cc(C(F)(C(F)(F)F)C(F)(F)F)cc(C)c1N.O=C(Cl)c1ccc2ncccc2c1.O=C(O)c1ccc2ncccc2c1. The van der Waals surface area contributed by atoms with Crippen LogP contribution in [0, 0.1) is 27.7 Å². The number of pyridine rings is 3. The number of carboxylic acid groups (broad SMARTS) is 1. The highest BCUT2D eigenvalue weighted by atomic mass is 35.5. The lowest BCUT2D eigenvalue weighted by Gasteiger charge is -2.31. The van der Waals surface area contributed by atoms with Crippen molar-refractivity contribution in [1.29, 1.82) is 0 Å². The van der Waals surface area contributed by atoms with Gasteiger partial charge in [0.25, 0.3) is 5.24 Å². The number of Topliss-reactive ketones (excluding diaryl/α,β-unsaturated/α-hetero) is 1. The van der Waals surface area contributed by atoms with Crippen molar-refractivity contribution in [2.45, 2.75) is 70.2 Å². The highest BCUT2D eigenvalue weighted by Gasteiger charge is 2.74. The molecular formula is C53H39ClF14N4O4. The summed E-state index contributed by atoms with van der Waals surface area (Å²) in [5.74, 6) is -1.30. The Morgan fingerprint density at radius 2 is 0.789 bits per heavy atom. The maximum Gasteiger partial charge on any atom is 0.435 e. The minimum absolute atomic E-state index is 0.0236. The Morgan fingerprint density at radius 3 is 1.13 bits per heavy atom. The number of nitrogens with zero attached hydrogens (tertiary/aromatic N) is 3. The van der Waals surface area contributed by atoms with Crippen LogP contribution in [0.5, 0.6) is 0 Å². The first-order chi connectivity index (χ1) is 35.1. The van der Waals surface area contributed by atoms with Gasteiger partial charge in [-0.05, 0) is 140 Å². The third kappa shape index (κ3) is 12.8. The van der Waals surface area contributed by atoms with Gasteiger partial charge in [0.2, 0.25) is 0 Å². The van der Waals surface area contributed by atoms with Crippen molar-refractivity contribution in [3.8, 4) is 0 Å². The first-order valence-corrected chi connectivity index (χ1v) is 22.1. The van der Waals surface area contributed by atoms with E-state index in [1.165, 1.54) is 33.8 Å². The van der Waals surface area contributed by atoms with E-state index in [4.69, 9.17) is 22.4 Å². The molecule has 0 saturated carbocycles. The molecule has 0 amide bonds. The number of alkyl halides is 14. The summed E-state index contributed by atoms with van der Waals surface area (Å²) in [7, 11) is 0. The standard InChI is InChI=1S/C22H16F7NO.C11H10F7N.C10H6ClNO.C10H7NO2/c1-12-8-16(20(23,21(24,25)26)22(27,28)29)9-13(2)17(12)11-19(31)15-5-6-18-14(10-15)4-3-7-30-18;1-5-3-7(4-6(2)8(5)19)9(12,10(13,14)15)11(16,17)18;11-10(13)8-3-4-9-7(6-8)2-1-5-12-9;12-10(13)8-3-4-9-7(6-8)2-1-5-11-9/h3-10H,11H2,1-2H3;3-4H,19H2,1-2H3;1-6H;1-6H,(H,12,13). The Balaban J connectivity index is 0.000000201. The molecule has 8 aromatic rings. The summed E-state index contributed by atoms with van der Waals surface area (Å²) in [5.41, 5.74) is -5.04. The van der Waals surface area contributed by atoms with Gasteiger partial charge >= 0.3 is 42.0 Å². The molecule has 5 aromatic carbocycles. The number of hydrogen-bond donors (Lipinski definition) is 2. The van der Waals surface area contributed by atoms with Crippen molar-refractivity contribution in [2.24, 2.45) is 0 Å². The van der Waals surface area contributed by atoms with Gasteiger partial charge in [0.15, 0.2) is 5.78 Å². The van der Waals surface area contributed by atoms with Crippen molar-refractivity contribution in [3.05, 3.63) is 189 Å². The van der Waals surface area contributed by atoms with E-state index in [-0.39, 0.29) is 45.7 Å². The number of halogens is 15. The number of carboxylic acids is 1. The number of nitrogen functional groups attached to an aromatic ring is 1. The van der Waals surface area contributed by atoms with E-state index in [2.05, 4.69) is 15.0 Å². The van der Waals surface area contributed by atoms with Gasteiger partial charge in [-0.25, -0.2) is 13.6 Å². The zero-order valence-corrected chi connectivity index (χ0v) is 40.4. The van der Waals surface area contributed by atoms with Crippen molar-refractivity contribution < 1.29 is 81.0 Å². The van der Waals surface area contributed by atoms with E-state index in [1.807, 2.05) is 18.2 Å². The first kappa shape index (κ1) is 59.1. The van der Waals surface area contributed by atoms with E-state index in [1.54, 1.807) is 85.3 Å². The highest BCUT2D eigenvalue weighted by Crippen LogP contribution is 2.55. The third-order valence-corrected chi connectivity index (χ3v) is 11.8. The van der Waals surface area contributed by atoms with Crippen LogP contribution in [0.4, 0.5) is 67.2 Å². The van der Waals surface area contributed by atoms with Crippen LogP contribution in [0.15, 0.2) is 134 Å². The number of carbonyl (C=O) groups excluding carboxylic acids is 2. The molecule has 0 fully saturated rings. The summed E-state index contributed by atoms with van der Waals surface area (Å²) >= 11 is 5.34. The minimum atomic E-state index is -6.19. The number of anilines is 1. The topological polar surface area (TPSA) is 136 Å². The predicted octanol–water partition coefficient (Wildman–Crippen LogP) is 15.3. The first-order valence-electron chi connectivity index (χ1n) is 21.8. The lowest BCUT2D eigenvalue weighted by atomic mass is 9.87. The van der Waals surface area contributed by atoms with Crippen LogP contribution in [0.2, 0.25) is 0 Å². The van der Waals surface area contributed by atoms with Crippen molar-refractivity contribution in [3.63, 3.8) is 0 Å². The highest BCUT2D eigenvalue weighted by molar-refractivity contribution is 6.67. The molecule has 0 aliphatic rings. The zero-order chi connectivity index (χ0) is 56.9. The van der Waals surface area contributed by atoms with Crippen LogP contribution in [0.3, 0.4) is 0 Å². The molecule has 3 heterocycles. The quantitative estimate of drug-likeness (QED) is 0.0697. The number of nitrogens with two attached hydrogens (primary N) is 1. The maximum atomic E-state index is 14.4. The number of aromatic carboxylic acids is 1. The summed E-state index contributed by atoms with van der Waals surface area (Å²) in [6.45, 7) is 4.91. The fraction of sp³-hybridized carbons (Fsp3) is 0.208. The molecule has 8 nitrogen and oxygen atoms in total. The number of fused-ring (bicyclic) bond motifs is 3. The van der Waals surface area contributed by atoms with E-state index >= 15 is 0 Å². The van der Waals surface area contributed by atoms with Crippen LogP contribution < -0.4 is 5.73 Å². The maximum absolute atomic E-state index is 14.4. The molecule has 0 aliphatic carbocycles. The van der Waals surface area contributed by atoms with E-state index in [9.17, 15) is 75.8 Å². The van der Waals surface area contributed by atoms with Gasteiger partial charge in [0.1, 0.15) is 0 Å². The van der Waals surface area contributed by atoms with E-state index in [0.717, 1.165) is 21.8 Å². The van der Waals surface area contributed by atoms with Crippen molar-refractivity contribution in [2.75, 3.05) is 5.73 Å². The second-order valence-corrected chi connectivity index (χ2v) is 17.2. The Labute approximate surface area is 427 Å². The van der Waals surface area contributed by atoms with Gasteiger partial charge in [-0.1, -0.05) is 42.5 Å². The third-order valence-electron chi connectivity index (χ3n) is 11.6. The Hall–Kier alpha value is -7.75. The number of ketones is 1. The molecule has 76 heavy (non-hydrogen) atoms. The van der Waals surface area contributed by atoms with Crippen LogP contribution in [-0.4, -0.2) is 61.8 Å². The largest absolute Gasteiger partial charge is 0.478 e. The molecule has 0 atom stereocenters. The van der Waals surface area contributed by atoms with Crippen molar-refractivity contribution in [1.82, 2.24) is 15.0 Å². The summed E-state index contributed by atoms with van der Waals surface area (Å²) in [6, 6.07) is 27.5. The molecule has 23 heteroatoms. The van der Waals surface area contributed by atoms with Crippen LogP contribution >= 0.6 is 11.6 Å². The van der Waals surface area contributed by atoms with E-state index in [0.29, 0.717) is 51.9 Å². The summed E-state index contributed by atoms with van der Waals surface area (Å²) in [6.07, 6.45) is -19.9. The number of hydrogen-bond acceptors (Lipinski definition) is 7. The molecule has 3 N–H and O–H groups in total. The van der Waals surface area contributed by atoms with Gasteiger partial charge in [0, 0.05) is 69.1 Å². The molecule has 0 saturated heterocycles. The Morgan fingerprint density at radius 1 is 0.474 bits per heavy atom. The molecular weight excluding hydrogens is 1060 g/mol. The number of carbonyl (C=O) groups is 3. The van der Waals surface area contributed by atoms with Gasteiger partial charge in [-0.3, -0.25) is 24.5 Å². The molecule has 0 radical (unpaired) electrons. The van der Waals surface area contributed by atoms with Crippen LogP contribution in [0.25, 0.3) is 32.7 Å². The smallest absolute Gasteiger partial charge is 0.435 e. The van der Waals surface area contributed by atoms with Gasteiger partial charge in [-0.15, -0.1) is 0 Å². The lowest BCUT2D eigenvalue weighted by molar-refractivity contribution is -0.349. The van der Waals surface area contributed by atoms with Crippen molar-refractivity contribution >= 4 is 67.0 Å². The molecule has 400 valence electrons. The second-order valence-electron chi connectivity index (χ2n) is 16.8. The van der Waals surface area contributed by atoms with Gasteiger partial charge in [0.05, 0.1) is 22.1 Å². The van der Waals surface area contributed by atoms with E-state index < -0.39 is 58.4 Å². The predicted molar refractivity (Wildman–Crippen MR) is 256 cm³/mol. The molecule has 0 aliphatic heterocycles. The number of aromatic nitrogens is 3. The fourth-order valence-electron chi connectivity index (χ4n) is 7.54. The number of aryl methyl sites for hydroxylation is 4. The number of benzene rings is 5. The average molecular weight is 1100 g/mol. The lowest BCUT2D eigenvalue weighted by Crippen LogP contribution is -2.50. The summed E-state index contributed by atoms with van der Waals surface area (Å²) in [5, 5.41) is 10.8. The number of rotatable bonds is 7. The molecule has 0 bridgehead atoms. The van der Waals surface area contributed by atoms with Crippen LogP contribution in [0.1, 0.15) is 70.0 Å². The summed E-state index contributed by atoms with van der Waals surface area (Å²) < 4.78 is 182. The minimum Gasteiger partial charge on any atom is -0.478 e. The van der Waals surface area contributed by atoms with Gasteiger partial charge < -0.3 is 10.8 Å². The normalized spacial score (nSPS) is 12.2. The molecule has 8 rings (SSSR count). The molecule has 0 unspecified atom stereocenters. The zero-order valence-electron chi connectivity index (χ0n) is 39.7. The Bertz CT molecular complexity index is 3290. The molecule has 0 spiro atoms. The van der Waals surface area contributed by atoms with Crippen LogP contribution in [-0.2, 0) is 17.8 Å². The second kappa shape index (κ2) is 22.6. The average Bonchev–Trinajstić information content (AvgIpc) is 3.34. The van der Waals surface area contributed by atoms with Gasteiger partial charge in [-0.2, -0.15) is 52.7 Å². The summed E-state index contributed by atoms with van der Waals surface area (Å²) in [4.78, 5) is 46.5. The fourth-order valence-corrected chi connectivity index (χ4v) is 7.66. The monoisotopic (exact) mass is 1100 g/mol. The molecule has 3 aromatic heterocycles. The Kier molecular flexibility index (Phi) is 17.6.